The summed E-state index contributed by atoms with van der Waals surface area (Å²) >= 11 is 16.0. The van der Waals surface area contributed by atoms with Crippen molar-refractivity contribution in [3.8, 4) is 0 Å². The Morgan fingerprint density at radius 3 is 1.90 bits per heavy atom. The van der Waals surface area contributed by atoms with E-state index in [0.29, 0.717) is 0 Å². The second-order valence-electron chi connectivity index (χ2n) is 1.76. The van der Waals surface area contributed by atoms with Crippen molar-refractivity contribution in [2.24, 2.45) is 5.73 Å². The van der Waals surface area contributed by atoms with Gasteiger partial charge in [-0.05, 0) is 0 Å². The molecule has 0 aromatic carbocycles. The molecule has 2 nitrogen and oxygen atoms in total. The lowest BCUT2D eigenvalue weighted by Crippen LogP contribution is -2.29. The van der Waals surface area contributed by atoms with Crippen molar-refractivity contribution in [1.29, 1.82) is 0 Å². The van der Waals surface area contributed by atoms with Crippen LogP contribution in [0.3, 0.4) is 0 Å². The Morgan fingerprint density at radius 1 is 1.40 bits per heavy atom. The van der Waals surface area contributed by atoms with Crippen LogP contribution in [0.25, 0.3) is 0 Å². The summed E-state index contributed by atoms with van der Waals surface area (Å²) in [6.45, 7) is -0.159. The van der Waals surface area contributed by atoms with Gasteiger partial charge in [0.05, 0.1) is 6.61 Å². The van der Waals surface area contributed by atoms with Crippen LogP contribution >= 0.6 is 47.2 Å². The molecule has 1 atom stereocenters. The summed E-state index contributed by atoms with van der Waals surface area (Å²) in [5.74, 6) is 0. The molecule has 0 saturated heterocycles. The minimum absolute atomic E-state index is 0. The summed E-state index contributed by atoms with van der Waals surface area (Å²) in [5, 5.41) is 8.40. The van der Waals surface area contributed by atoms with Crippen molar-refractivity contribution in [1.82, 2.24) is 0 Å². The summed E-state index contributed by atoms with van der Waals surface area (Å²) in [6.07, 6.45) is 0.175. The Morgan fingerprint density at radius 2 is 1.80 bits per heavy atom. The van der Waals surface area contributed by atoms with Crippen molar-refractivity contribution in [2.75, 3.05) is 6.61 Å². The van der Waals surface area contributed by atoms with Crippen LogP contribution in [0.2, 0.25) is 0 Å². The molecule has 0 aromatic heterocycles. The van der Waals surface area contributed by atoms with E-state index < -0.39 is 9.83 Å². The van der Waals surface area contributed by atoms with Gasteiger partial charge in [-0.15, -0.1) is 12.4 Å². The molecule has 0 aliphatic heterocycles. The lowest BCUT2D eigenvalue weighted by Gasteiger charge is -2.14. The van der Waals surface area contributed by atoms with Crippen LogP contribution < -0.4 is 5.73 Å². The molecule has 6 heteroatoms. The topological polar surface area (TPSA) is 46.2 Å². The third-order valence-corrected chi connectivity index (χ3v) is 1.19. The van der Waals surface area contributed by atoms with Gasteiger partial charge in [0.25, 0.3) is 0 Å². The maximum atomic E-state index is 8.40. The summed E-state index contributed by atoms with van der Waals surface area (Å²) in [7, 11) is 0. The third kappa shape index (κ3) is 9.08. The number of rotatable bonds is 2. The number of halogens is 4. The maximum absolute atomic E-state index is 8.40. The molecule has 0 spiro atoms. The molecule has 0 radical (unpaired) electrons. The average Bonchev–Trinajstić information content (AvgIpc) is 1.62. The summed E-state index contributed by atoms with van der Waals surface area (Å²) in [5.41, 5.74) is 5.26. The fraction of sp³-hybridized carbons (Fsp3) is 1.00. The zero-order valence-electron chi connectivity index (χ0n) is 5.06. The fourth-order valence-electron chi connectivity index (χ4n) is 0.362. The summed E-state index contributed by atoms with van der Waals surface area (Å²) in [4.78, 5) is 0. The Bertz CT molecular complexity index is 83.8. The molecule has 0 aromatic rings. The van der Waals surface area contributed by atoms with E-state index in [-0.39, 0.29) is 25.4 Å². The molecule has 0 saturated carbocycles. The van der Waals surface area contributed by atoms with Crippen LogP contribution in [-0.2, 0) is 0 Å². The van der Waals surface area contributed by atoms with Crippen molar-refractivity contribution in [3.05, 3.63) is 0 Å². The number of aliphatic hydroxyl groups excluding tert-OH is 1. The SMILES string of the molecule is Cl.NC(CO)CC(Cl)(Cl)Cl. The summed E-state index contributed by atoms with van der Waals surface area (Å²) < 4.78 is -1.35. The van der Waals surface area contributed by atoms with Gasteiger partial charge in [-0.3, -0.25) is 0 Å². The number of nitrogens with two attached hydrogens (primary N) is 1. The van der Waals surface area contributed by atoms with E-state index in [1.54, 1.807) is 0 Å². The van der Waals surface area contributed by atoms with Crippen LogP contribution in [0, 0.1) is 0 Å². The summed E-state index contributed by atoms with van der Waals surface area (Å²) in [6, 6.07) is -0.447. The van der Waals surface area contributed by atoms with Crippen LogP contribution in [0.1, 0.15) is 6.42 Å². The highest BCUT2D eigenvalue weighted by Crippen LogP contribution is 2.30. The van der Waals surface area contributed by atoms with Crippen molar-refractivity contribution in [2.45, 2.75) is 16.3 Å². The molecule has 0 fully saturated rings. The van der Waals surface area contributed by atoms with Crippen molar-refractivity contribution < 1.29 is 5.11 Å². The smallest absolute Gasteiger partial charge is 0.192 e. The first kappa shape index (κ1) is 13.7. The Hall–Kier alpha value is 1.08. The largest absolute Gasteiger partial charge is 0.395 e. The predicted molar refractivity (Wildman–Crippen MR) is 47.2 cm³/mol. The van der Waals surface area contributed by atoms with Gasteiger partial charge >= 0.3 is 0 Å². The molecule has 0 rings (SSSR count). The molecule has 0 aliphatic rings. The second kappa shape index (κ2) is 5.70. The van der Waals surface area contributed by atoms with Gasteiger partial charge in [0.15, 0.2) is 3.79 Å². The molecule has 3 N–H and O–H groups in total. The molecule has 1 unspecified atom stereocenters. The first-order chi connectivity index (χ1) is 3.95. The standard InChI is InChI=1S/C4H8Cl3NO.ClH/c5-4(6,7)1-3(8)2-9;/h3,9H,1-2,8H2;1H. The molecule has 0 amide bonds. The minimum atomic E-state index is -1.35. The number of hydrogen-bond acceptors (Lipinski definition) is 2. The van der Waals surface area contributed by atoms with Gasteiger partial charge in [0, 0.05) is 12.5 Å². The van der Waals surface area contributed by atoms with Crippen molar-refractivity contribution >= 4 is 47.2 Å². The molecule has 0 aliphatic carbocycles. The Kier molecular flexibility index (Phi) is 7.78. The number of aliphatic hydroxyl groups is 1. The van der Waals surface area contributed by atoms with Gasteiger partial charge in [-0.25, -0.2) is 0 Å². The van der Waals surface area contributed by atoms with Gasteiger partial charge in [-0.2, -0.15) is 0 Å². The highest BCUT2D eigenvalue weighted by atomic mass is 35.6. The van der Waals surface area contributed by atoms with E-state index in [9.17, 15) is 0 Å². The quantitative estimate of drug-likeness (QED) is 0.704. The van der Waals surface area contributed by atoms with Gasteiger partial charge < -0.3 is 10.8 Å². The third-order valence-electron chi connectivity index (χ3n) is 0.728. The molecule has 10 heavy (non-hydrogen) atoms. The number of alkyl halides is 3. The lowest BCUT2D eigenvalue weighted by molar-refractivity contribution is 0.261. The van der Waals surface area contributed by atoms with Gasteiger partial charge in [0.1, 0.15) is 0 Å². The zero-order chi connectivity index (χ0) is 7.49. The van der Waals surface area contributed by atoms with Crippen LogP contribution in [0.4, 0.5) is 0 Å². The monoisotopic (exact) mass is 227 g/mol. The van der Waals surface area contributed by atoms with E-state index in [1.807, 2.05) is 0 Å². The van der Waals surface area contributed by atoms with Gasteiger partial charge in [0.2, 0.25) is 0 Å². The predicted octanol–water partition coefficient (Wildman–Crippen LogP) is 1.49. The normalized spacial score (nSPS) is 14.1. The molecule has 0 heterocycles. The highest BCUT2D eigenvalue weighted by molar-refractivity contribution is 6.67. The zero-order valence-corrected chi connectivity index (χ0v) is 8.14. The molecule has 0 bridgehead atoms. The van der Waals surface area contributed by atoms with E-state index in [2.05, 4.69) is 0 Å². The molecule has 64 valence electrons. The lowest BCUT2D eigenvalue weighted by atomic mass is 10.2. The Balaban J connectivity index is 0. The molecular formula is C4H9Cl4NO. The maximum Gasteiger partial charge on any atom is 0.192 e. The Labute approximate surface area is 81.0 Å². The van der Waals surface area contributed by atoms with Crippen LogP contribution in [0.5, 0.6) is 0 Å². The van der Waals surface area contributed by atoms with Crippen LogP contribution in [-0.4, -0.2) is 21.5 Å². The minimum Gasteiger partial charge on any atom is -0.395 e. The van der Waals surface area contributed by atoms with Crippen molar-refractivity contribution in [3.63, 3.8) is 0 Å². The van der Waals surface area contributed by atoms with Gasteiger partial charge in [-0.1, -0.05) is 34.8 Å². The second-order valence-corrected chi connectivity index (χ2v) is 4.28. The number of hydrogen-bond donors (Lipinski definition) is 2. The van der Waals surface area contributed by atoms with Crippen LogP contribution in [0.15, 0.2) is 0 Å². The first-order valence-electron chi connectivity index (χ1n) is 2.39. The average molecular weight is 229 g/mol. The van der Waals surface area contributed by atoms with E-state index >= 15 is 0 Å². The highest BCUT2D eigenvalue weighted by Gasteiger charge is 2.22. The molecular weight excluding hydrogens is 220 g/mol. The van der Waals surface area contributed by atoms with E-state index in [1.165, 1.54) is 0 Å². The van der Waals surface area contributed by atoms with E-state index in [0.717, 1.165) is 0 Å². The first-order valence-corrected chi connectivity index (χ1v) is 3.52. The fourth-order valence-corrected chi connectivity index (χ4v) is 0.956. The van der Waals surface area contributed by atoms with E-state index in [4.69, 9.17) is 45.6 Å².